The van der Waals surface area contributed by atoms with Crippen molar-refractivity contribution in [2.45, 2.75) is 64.5 Å². The third-order valence-electron chi connectivity index (χ3n) is 5.34. The number of likely N-dealkylation sites (tertiary alicyclic amines) is 1. The molecule has 2 aliphatic carbocycles. The molecule has 1 aliphatic heterocycles. The number of hydrogen-bond acceptors (Lipinski definition) is 2. The Kier molecular flexibility index (Phi) is 3.20. The van der Waals surface area contributed by atoms with Crippen LogP contribution in [0.2, 0.25) is 0 Å². The topological polar surface area (TPSA) is 15.3 Å². The van der Waals surface area contributed by atoms with E-state index in [1.54, 1.807) is 0 Å². The Labute approximate surface area is 106 Å². The van der Waals surface area contributed by atoms with Crippen molar-refractivity contribution in [3.05, 3.63) is 0 Å². The van der Waals surface area contributed by atoms with Crippen LogP contribution in [-0.4, -0.2) is 36.6 Å². The molecule has 1 saturated heterocycles. The first-order valence-electron chi connectivity index (χ1n) is 7.67. The third-order valence-corrected chi connectivity index (χ3v) is 5.34. The van der Waals surface area contributed by atoms with Crippen LogP contribution in [0.25, 0.3) is 0 Å². The minimum absolute atomic E-state index is 0.734. The van der Waals surface area contributed by atoms with E-state index in [2.05, 4.69) is 24.1 Å². The summed E-state index contributed by atoms with van der Waals surface area (Å²) in [6.07, 6.45) is 8.78. The highest BCUT2D eigenvalue weighted by Gasteiger charge is 2.53. The zero-order valence-corrected chi connectivity index (χ0v) is 11.5. The molecule has 0 atom stereocenters. The molecule has 1 heterocycles. The van der Waals surface area contributed by atoms with E-state index >= 15 is 0 Å². The van der Waals surface area contributed by atoms with Crippen molar-refractivity contribution < 1.29 is 0 Å². The Morgan fingerprint density at radius 3 is 2.24 bits per heavy atom. The highest BCUT2D eigenvalue weighted by molar-refractivity contribution is 5.05. The van der Waals surface area contributed by atoms with E-state index in [0.29, 0.717) is 0 Å². The van der Waals surface area contributed by atoms with E-state index in [4.69, 9.17) is 0 Å². The lowest BCUT2D eigenvalue weighted by molar-refractivity contribution is 0.157. The normalized spacial score (nSPS) is 29.8. The van der Waals surface area contributed by atoms with Crippen molar-refractivity contribution in [1.29, 1.82) is 0 Å². The van der Waals surface area contributed by atoms with Crippen molar-refractivity contribution in [1.82, 2.24) is 10.2 Å². The van der Waals surface area contributed by atoms with Gasteiger partial charge in [0.25, 0.3) is 0 Å². The molecule has 0 bridgehead atoms. The van der Waals surface area contributed by atoms with Gasteiger partial charge in [-0.25, -0.2) is 0 Å². The first kappa shape index (κ1) is 12.0. The molecule has 2 saturated carbocycles. The molecule has 3 fully saturated rings. The van der Waals surface area contributed by atoms with Gasteiger partial charge in [0.1, 0.15) is 0 Å². The second-order valence-electron chi connectivity index (χ2n) is 6.92. The van der Waals surface area contributed by atoms with E-state index in [1.807, 2.05) is 0 Å². The van der Waals surface area contributed by atoms with E-state index in [1.165, 1.54) is 58.2 Å². The van der Waals surface area contributed by atoms with Crippen molar-refractivity contribution in [2.24, 2.45) is 11.3 Å². The monoisotopic (exact) mass is 236 g/mol. The summed E-state index contributed by atoms with van der Waals surface area (Å²) in [4.78, 5) is 2.62. The number of piperidine rings is 1. The van der Waals surface area contributed by atoms with Crippen molar-refractivity contribution in [3.63, 3.8) is 0 Å². The molecule has 17 heavy (non-hydrogen) atoms. The van der Waals surface area contributed by atoms with Gasteiger partial charge in [-0.2, -0.15) is 0 Å². The van der Waals surface area contributed by atoms with Crippen LogP contribution in [0.15, 0.2) is 0 Å². The molecule has 0 amide bonds. The van der Waals surface area contributed by atoms with E-state index < -0.39 is 0 Å². The lowest BCUT2D eigenvalue weighted by Gasteiger charge is -2.35. The standard InChI is InChI=1S/C15H28N2/c1-12(2)17-9-5-14(6-10-17)16-11-15(7-8-15)13-3-4-13/h12-14,16H,3-11H2,1-2H3. The fourth-order valence-corrected chi connectivity index (χ4v) is 3.55. The minimum Gasteiger partial charge on any atom is -0.313 e. The van der Waals surface area contributed by atoms with Crippen LogP contribution >= 0.6 is 0 Å². The molecule has 0 aromatic heterocycles. The summed E-state index contributed by atoms with van der Waals surface area (Å²) in [5.41, 5.74) is 0.773. The van der Waals surface area contributed by atoms with Gasteiger partial charge < -0.3 is 10.2 Å². The van der Waals surface area contributed by atoms with E-state index in [9.17, 15) is 0 Å². The van der Waals surface area contributed by atoms with Gasteiger partial charge in [0.2, 0.25) is 0 Å². The molecule has 2 heteroatoms. The smallest absolute Gasteiger partial charge is 0.00916 e. The lowest BCUT2D eigenvalue weighted by atomic mass is 9.98. The molecule has 1 N–H and O–H groups in total. The van der Waals surface area contributed by atoms with Gasteiger partial charge >= 0.3 is 0 Å². The first-order valence-corrected chi connectivity index (χ1v) is 7.67. The van der Waals surface area contributed by atoms with Crippen molar-refractivity contribution >= 4 is 0 Å². The van der Waals surface area contributed by atoms with E-state index in [-0.39, 0.29) is 0 Å². The Hall–Kier alpha value is -0.0800. The van der Waals surface area contributed by atoms with Gasteiger partial charge in [-0.05, 0) is 76.8 Å². The molecule has 0 unspecified atom stereocenters. The zero-order chi connectivity index (χ0) is 11.9. The van der Waals surface area contributed by atoms with Crippen LogP contribution in [-0.2, 0) is 0 Å². The summed E-state index contributed by atoms with van der Waals surface area (Å²) in [5.74, 6) is 1.10. The highest BCUT2D eigenvalue weighted by atomic mass is 15.2. The zero-order valence-electron chi connectivity index (χ0n) is 11.5. The molecule has 3 rings (SSSR count). The maximum atomic E-state index is 3.88. The largest absolute Gasteiger partial charge is 0.313 e. The summed E-state index contributed by atoms with van der Waals surface area (Å²) in [5, 5.41) is 3.88. The van der Waals surface area contributed by atoms with Gasteiger partial charge in [0.05, 0.1) is 0 Å². The molecule has 2 nitrogen and oxygen atoms in total. The number of hydrogen-bond donors (Lipinski definition) is 1. The van der Waals surface area contributed by atoms with Crippen LogP contribution in [0.4, 0.5) is 0 Å². The molecule has 98 valence electrons. The molecule has 0 radical (unpaired) electrons. The number of nitrogens with zero attached hydrogens (tertiary/aromatic N) is 1. The Bertz CT molecular complexity index is 258. The quantitative estimate of drug-likeness (QED) is 0.789. The molecular formula is C15H28N2. The highest BCUT2D eigenvalue weighted by Crippen LogP contribution is 2.60. The van der Waals surface area contributed by atoms with Gasteiger partial charge in [0, 0.05) is 18.6 Å². The second kappa shape index (κ2) is 4.55. The SMILES string of the molecule is CC(C)N1CCC(NCC2(C3CC3)CC2)CC1. The summed E-state index contributed by atoms with van der Waals surface area (Å²) in [6, 6.07) is 1.54. The summed E-state index contributed by atoms with van der Waals surface area (Å²) in [6.45, 7) is 8.56. The van der Waals surface area contributed by atoms with Crippen LogP contribution in [0.3, 0.4) is 0 Å². The molecule has 0 aromatic carbocycles. The molecule has 0 aromatic rings. The van der Waals surface area contributed by atoms with Gasteiger partial charge in [-0.3, -0.25) is 0 Å². The maximum absolute atomic E-state index is 3.88. The summed E-state index contributed by atoms with van der Waals surface area (Å²) >= 11 is 0. The predicted octanol–water partition coefficient (Wildman–Crippen LogP) is 2.64. The average Bonchev–Trinajstić information content (AvgIpc) is 3.17. The fraction of sp³-hybridized carbons (Fsp3) is 1.00. The molecular weight excluding hydrogens is 208 g/mol. The Balaban J connectivity index is 1.39. The van der Waals surface area contributed by atoms with Gasteiger partial charge in [-0.1, -0.05) is 0 Å². The van der Waals surface area contributed by atoms with Crippen molar-refractivity contribution in [2.75, 3.05) is 19.6 Å². The lowest BCUT2D eigenvalue weighted by Crippen LogP contribution is -2.46. The van der Waals surface area contributed by atoms with Crippen LogP contribution in [0.1, 0.15) is 52.4 Å². The van der Waals surface area contributed by atoms with Crippen LogP contribution in [0.5, 0.6) is 0 Å². The van der Waals surface area contributed by atoms with Gasteiger partial charge in [-0.15, -0.1) is 0 Å². The average molecular weight is 236 g/mol. The summed E-state index contributed by atoms with van der Waals surface area (Å²) in [7, 11) is 0. The molecule has 0 spiro atoms. The molecule has 3 aliphatic rings. The summed E-state index contributed by atoms with van der Waals surface area (Å²) < 4.78 is 0. The minimum atomic E-state index is 0.734. The van der Waals surface area contributed by atoms with Gasteiger partial charge in [0.15, 0.2) is 0 Å². The Morgan fingerprint density at radius 1 is 1.12 bits per heavy atom. The maximum Gasteiger partial charge on any atom is 0.00916 e. The predicted molar refractivity (Wildman–Crippen MR) is 72.1 cm³/mol. The van der Waals surface area contributed by atoms with E-state index in [0.717, 1.165) is 23.4 Å². The second-order valence-corrected chi connectivity index (χ2v) is 6.92. The first-order chi connectivity index (χ1) is 8.20. The van der Waals surface area contributed by atoms with Crippen LogP contribution < -0.4 is 5.32 Å². The van der Waals surface area contributed by atoms with Crippen LogP contribution in [0, 0.1) is 11.3 Å². The third kappa shape index (κ3) is 2.68. The fourth-order valence-electron chi connectivity index (χ4n) is 3.55. The number of rotatable bonds is 5. The number of nitrogens with one attached hydrogen (secondary N) is 1. The van der Waals surface area contributed by atoms with Crippen molar-refractivity contribution in [3.8, 4) is 0 Å². The Morgan fingerprint density at radius 2 is 1.76 bits per heavy atom.